The van der Waals surface area contributed by atoms with Crippen LogP contribution in [0.5, 0.6) is 5.75 Å². The third-order valence-electron chi connectivity index (χ3n) is 2.55. The van der Waals surface area contributed by atoms with E-state index in [4.69, 9.17) is 4.18 Å². The molecular weight excluding hydrogens is 299 g/mol. The molecule has 0 aromatic heterocycles. The van der Waals surface area contributed by atoms with Crippen LogP contribution in [-0.4, -0.2) is 21.5 Å². The van der Waals surface area contributed by atoms with Crippen molar-refractivity contribution in [3.63, 3.8) is 0 Å². The largest absolute Gasteiger partial charge is 0.465 e. The van der Waals surface area contributed by atoms with Gasteiger partial charge in [-0.25, -0.2) is 9.18 Å². The van der Waals surface area contributed by atoms with Crippen LogP contribution in [0.1, 0.15) is 10.4 Å². The fourth-order valence-electron chi connectivity index (χ4n) is 1.59. The molecule has 0 radical (unpaired) electrons. The van der Waals surface area contributed by atoms with Gasteiger partial charge < -0.3 is 8.92 Å². The fourth-order valence-corrected chi connectivity index (χ4v) is 2.56. The summed E-state index contributed by atoms with van der Waals surface area (Å²) in [5.41, 5.74) is 0.0708. The van der Waals surface area contributed by atoms with Gasteiger partial charge in [0, 0.05) is 6.07 Å². The molecule has 0 heterocycles. The van der Waals surface area contributed by atoms with Crippen LogP contribution in [0.2, 0.25) is 0 Å². The Labute approximate surface area is 121 Å². The van der Waals surface area contributed by atoms with Crippen molar-refractivity contribution in [2.75, 3.05) is 7.11 Å². The maximum atomic E-state index is 13.0. The first-order valence-corrected chi connectivity index (χ1v) is 7.21. The van der Waals surface area contributed by atoms with E-state index in [1.807, 2.05) is 0 Å². The average Bonchev–Trinajstić information content (AvgIpc) is 2.46. The van der Waals surface area contributed by atoms with E-state index in [-0.39, 0.29) is 16.2 Å². The Balaban J connectivity index is 2.33. The van der Waals surface area contributed by atoms with E-state index < -0.39 is 21.9 Å². The predicted octanol–water partition coefficient (Wildman–Crippen LogP) is 2.38. The maximum Gasteiger partial charge on any atom is 0.339 e. The number of benzene rings is 2. The second-order valence-electron chi connectivity index (χ2n) is 4.01. The first-order valence-electron chi connectivity index (χ1n) is 5.81. The third-order valence-corrected chi connectivity index (χ3v) is 3.79. The number of carbonyl (C=O) groups is 1. The first-order chi connectivity index (χ1) is 9.92. The number of ether oxygens (including phenoxy) is 1. The molecule has 0 aliphatic heterocycles. The van der Waals surface area contributed by atoms with Crippen LogP contribution in [0.3, 0.4) is 0 Å². The highest BCUT2D eigenvalue weighted by Crippen LogP contribution is 2.20. The number of carbonyl (C=O) groups excluding carboxylic acids is 1. The molecule has 0 N–H and O–H groups in total. The topological polar surface area (TPSA) is 69.7 Å². The van der Waals surface area contributed by atoms with Crippen LogP contribution in [0, 0.1) is 5.82 Å². The first kappa shape index (κ1) is 15.0. The molecule has 2 aromatic rings. The van der Waals surface area contributed by atoms with Gasteiger partial charge in [-0.15, -0.1) is 0 Å². The number of hydrogen-bond donors (Lipinski definition) is 0. The Morgan fingerprint density at radius 1 is 1.10 bits per heavy atom. The molecule has 0 saturated carbocycles. The van der Waals surface area contributed by atoms with Gasteiger partial charge in [-0.2, -0.15) is 8.42 Å². The van der Waals surface area contributed by atoms with Crippen molar-refractivity contribution >= 4 is 16.1 Å². The zero-order valence-corrected chi connectivity index (χ0v) is 11.8. The second-order valence-corrected chi connectivity index (χ2v) is 5.56. The number of hydrogen-bond acceptors (Lipinski definition) is 5. The van der Waals surface area contributed by atoms with E-state index in [9.17, 15) is 17.6 Å². The molecule has 0 amide bonds. The van der Waals surface area contributed by atoms with Gasteiger partial charge in [-0.05, 0) is 30.3 Å². The minimum Gasteiger partial charge on any atom is -0.465 e. The standard InChI is InChI=1S/C14H11FO5S/c1-19-14(16)10-4-2-7-13(8-10)21(17,18)20-12-6-3-5-11(15)9-12/h2-9H,1H3. The van der Waals surface area contributed by atoms with Crippen molar-refractivity contribution in [3.8, 4) is 5.75 Å². The van der Waals surface area contributed by atoms with Crippen LogP contribution in [-0.2, 0) is 14.9 Å². The summed E-state index contributed by atoms with van der Waals surface area (Å²) in [4.78, 5) is 11.2. The van der Waals surface area contributed by atoms with E-state index in [1.54, 1.807) is 0 Å². The highest BCUT2D eigenvalue weighted by molar-refractivity contribution is 7.87. The van der Waals surface area contributed by atoms with Gasteiger partial charge in [0.15, 0.2) is 0 Å². The van der Waals surface area contributed by atoms with Crippen molar-refractivity contribution in [1.29, 1.82) is 0 Å². The van der Waals surface area contributed by atoms with Crippen molar-refractivity contribution in [1.82, 2.24) is 0 Å². The molecule has 5 nitrogen and oxygen atoms in total. The molecule has 21 heavy (non-hydrogen) atoms. The Hall–Kier alpha value is -2.41. The Kier molecular flexibility index (Phi) is 4.23. The van der Waals surface area contributed by atoms with Gasteiger partial charge in [-0.3, -0.25) is 0 Å². The highest BCUT2D eigenvalue weighted by Gasteiger charge is 2.19. The lowest BCUT2D eigenvalue weighted by atomic mass is 10.2. The monoisotopic (exact) mass is 310 g/mol. The van der Waals surface area contributed by atoms with E-state index >= 15 is 0 Å². The molecule has 7 heteroatoms. The van der Waals surface area contributed by atoms with Gasteiger partial charge in [0.25, 0.3) is 0 Å². The lowest BCUT2D eigenvalue weighted by molar-refractivity contribution is 0.0600. The van der Waals surface area contributed by atoms with Crippen molar-refractivity contribution < 1.29 is 26.5 Å². The molecule has 0 aliphatic carbocycles. The SMILES string of the molecule is COC(=O)c1cccc(S(=O)(=O)Oc2cccc(F)c2)c1. The molecule has 110 valence electrons. The van der Waals surface area contributed by atoms with E-state index in [0.717, 1.165) is 18.2 Å². The summed E-state index contributed by atoms with van der Waals surface area (Å²) in [6.07, 6.45) is 0. The third kappa shape index (κ3) is 3.57. The molecule has 2 aromatic carbocycles. The van der Waals surface area contributed by atoms with Crippen LogP contribution >= 0.6 is 0 Å². The summed E-state index contributed by atoms with van der Waals surface area (Å²) in [6, 6.07) is 9.93. The van der Waals surface area contributed by atoms with Gasteiger partial charge in [0.05, 0.1) is 12.7 Å². The summed E-state index contributed by atoms with van der Waals surface area (Å²) in [5, 5.41) is 0. The zero-order chi connectivity index (χ0) is 15.5. The molecule has 0 saturated heterocycles. The quantitative estimate of drug-likeness (QED) is 0.640. The summed E-state index contributed by atoms with van der Waals surface area (Å²) < 4.78 is 46.5. The van der Waals surface area contributed by atoms with E-state index in [1.165, 1.54) is 37.4 Å². The number of methoxy groups -OCH3 is 1. The van der Waals surface area contributed by atoms with Crippen LogP contribution < -0.4 is 4.18 Å². The molecule has 0 fully saturated rings. The Bertz CT molecular complexity index is 770. The summed E-state index contributed by atoms with van der Waals surface area (Å²) in [5.74, 6) is -1.44. The minimum atomic E-state index is -4.17. The highest BCUT2D eigenvalue weighted by atomic mass is 32.2. The molecule has 0 spiro atoms. The molecule has 2 rings (SSSR count). The second kappa shape index (κ2) is 5.92. The maximum absolute atomic E-state index is 13.0. The fraction of sp³-hybridized carbons (Fsp3) is 0.0714. The number of halogens is 1. The van der Waals surface area contributed by atoms with Crippen LogP contribution in [0.4, 0.5) is 4.39 Å². The molecule has 0 aliphatic rings. The molecule has 0 atom stereocenters. The smallest absolute Gasteiger partial charge is 0.339 e. The number of esters is 1. The van der Waals surface area contributed by atoms with Gasteiger partial charge in [-0.1, -0.05) is 12.1 Å². The van der Waals surface area contributed by atoms with Gasteiger partial charge in [0.2, 0.25) is 0 Å². The van der Waals surface area contributed by atoms with Gasteiger partial charge >= 0.3 is 16.1 Å². The summed E-state index contributed by atoms with van der Waals surface area (Å²) >= 11 is 0. The normalized spacial score (nSPS) is 11.0. The molecule has 0 bridgehead atoms. The predicted molar refractivity (Wildman–Crippen MR) is 72.0 cm³/mol. The average molecular weight is 310 g/mol. The van der Waals surface area contributed by atoms with Crippen LogP contribution in [0.15, 0.2) is 53.4 Å². The van der Waals surface area contributed by atoms with Crippen molar-refractivity contribution in [2.45, 2.75) is 4.90 Å². The van der Waals surface area contributed by atoms with Crippen LogP contribution in [0.25, 0.3) is 0 Å². The lowest BCUT2D eigenvalue weighted by Gasteiger charge is -2.08. The van der Waals surface area contributed by atoms with Crippen molar-refractivity contribution in [2.24, 2.45) is 0 Å². The van der Waals surface area contributed by atoms with Gasteiger partial charge in [0.1, 0.15) is 16.5 Å². The Morgan fingerprint density at radius 2 is 1.81 bits per heavy atom. The lowest BCUT2D eigenvalue weighted by Crippen LogP contribution is -2.11. The molecular formula is C14H11FO5S. The summed E-state index contributed by atoms with van der Waals surface area (Å²) in [6.45, 7) is 0. The molecule has 0 unspecified atom stereocenters. The zero-order valence-electron chi connectivity index (χ0n) is 10.9. The minimum absolute atomic E-state index is 0.0708. The number of rotatable bonds is 4. The Morgan fingerprint density at radius 3 is 2.48 bits per heavy atom. The van der Waals surface area contributed by atoms with E-state index in [0.29, 0.717) is 0 Å². The van der Waals surface area contributed by atoms with E-state index in [2.05, 4.69) is 4.74 Å². The summed E-state index contributed by atoms with van der Waals surface area (Å²) in [7, 11) is -2.98. The van der Waals surface area contributed by atoms with Crippen molar-refractivity contribution in [3.05, 3.63) is 59.9 Å².